The van der Waals surface area contributed by atoms with E-state index in [0.717, 1.165) is 29.7 Å². The quantitative estimate of drug-likeness (QED) is 0.257. The molecule has 2 aromatic heterocycles. The summed E-state index contributed by atoms with van der Waals surface area (Å²) in [5.41, 5.74) is 7.42. The highest BCUT2D eigenvalue weighted by atomic mass is 19.1. The maximum atomic E-state index is 13.7. The number of nitrogens with two attached hydrogens (primary N) is 1. The molecular formula is C34H33FN4O5. The summed E-state index contributed by atoms with van der Waals surface area (Å²) < 4.78 is 25.8. The van der Waals surface area contributed by atoms with Crippen molar-refractivity contribution in [2.24, 2.45) is 5.73 Å². The number of ether oxygens (including phenoxy) is 2. The normalized spacial score (nSPS) is 18.6. The molecule has 2 atom stereocenters. The zero-order valence-electron chi connectivity index (χ0n) is 24.7. The fraction of sp³-hybridized carbons (Fsp3) is 0.294. The maximum absolute atomic E-state index is 13.7. The van der Waals surface area contributed by atoms with Crippen LogP contribution in [0, 0.1) is 12.7 Å². The number of primary amides is 1. The number of pyridine rings is 2. The highest BCUT2D eigenvalue weighted by Crippen LogP contribution is 2.45. The number of carbonyl (C=O) groups is 2. The van der Waals surface area contributed by atoms with Crippen molar-refractivity contribution in [3.8, 4) is 33.9 Å². The third kappa shape index (κ3) is 5.48. The summed E-state index contributed by atoms with van der Waals surface area (Å²) in [6.45, 7) is 4.90. The van der Waals surface area contributed by atoms with Crippen molar-refractivity contribution in [1.82, 2.24) is 15.3 Å². The first kappa shape index (κ1) is 29.3. The van der Waals surface area contributed by atoms with E-state index in [1.54, 1.807) is 43.5 Å². The standard InChI is InChI=1S/C34H33FN4O5/c1-19-24(5-4-14-37-19)25-13-8-21(15-27(25)44-23-11-12-23)31(40)38-17-34(3,42)28-16-26-30(43-18-33(26,2)32(36)41)29(39-28)20-6-9-22(35)10-7-20/h4-10,13-16,23,42H,11-12,17-18H2,1-3H3,(H2,36,41)(H,38,40)/t33-,34-/m0/s1. The molecule has 4 N–H and O–H groups in total. The topological polar surface area (TPSA) is 137 Å². The van der Waals surface area contributed by atoms with Crippen molar-refractivity contribution in [3.63, 3.8) is 0 Å². The molecule has 0 spiro atoms. The number of rotatable bonds is 9. The van der Waals surface area contributed by atoms with Crippen molar-refractivity contribution < 1.29 is 28.6 Å². The van der Waals surface area contributed by atoms with Crippen LogP contribution in [0.15, 0.2) is 66.9 Å². The van der Waals surface area contributed by atoms with Crippen LogP contribution in [-0.4, -0.2) is 46.1 Å². The van der Waals surface area contributed by atoms with Gasteiger partial charge in [-0.3, -0.25) is 14.6 Å². The molecule has 0 bridgehead atoms. The van der Waals surface area contributed by atoms with E-state index >= 15 is 0 Å². The Kier molecular flexibility index (Phi) is 7.33. The van der Waals surface area contributed by atoms with Gasteiger partial charge in [0.15, 0.2) is 0 Å². The molecule has 1 aliphatic heterocycles. The maximum Gasteiger partial charge on any atom is 0.251 e. The molecule has 1 saturated carbocycles. The van der Waals surface area contributed by atoms with Gasteiger partial charge in [0, 0.05) is 39.7 Å². The second-order valence-corrected chi connectivity index (χ2v) is 11.8. The molecule has 2 aromatic carbocycles. The van der Waals surface area contributed by atoms with E-state index in [4.69, 9.17) is 15.2 Å². The number of halogens is 1. The van der Waals surface area contributed by atoms with E-state index in [2.05, 4.69) is 15.3 Å². The van der Waals surface area contributed by atoms with Crippen LogP contribution in [0.3, 0.4) is 0 Å². The smallest absolute Gasteiger partial charge is 0.251 e. The lowest BCUT2D eigenvalue weighted by atomic mass is 9.82. The van der Waals surface area contributed by atoms with Gasteiger partial charge in [0.1, 0.15) is 40.6 Å². The third-order valence-corrected chi connectivity index (χ3v) is 8.24. The van der Waals surface area contributed by atoms with Crippen molar-refractivity contribution in [2.75, 3.05) is 13.2 Å². The molecule has 226 valence electrons. The number of hydrogen-bond acceptors (Lipinski definition) is 7. The SMILES string of the molecule is Cc1ncccc1-c1ccc(C(=O)NC[C@](C)(O)c2cc3c(c(-c4ccc(F)cc4)n2)OC[C@]3(C)C(N)=O)cc1OC1CC1. The van der Waals surface area contributed by atoms with Crippen LogP contribution < -0.4 is 20.5 Å². The predicted octanol–water partition coefficient (Wildman–Crippen LogP) is 4.57. The van der Waals surface area contributed by atoms with Crippen molar-refractivity contribution in [3.05, 3.63) is 95.2 Å². The Morgan fingerprint density at radius 2 is 1.91 bits per heavy atom. The molecule has 1 fully saturated rings. The van der Waals surface area contributed by atoms with Crippen LogP contribution in [-0.2, 0) is 15.8 Å². The van der Waals surface area contributed by atoms with E-state index in [-0.39, 0.29) is 24.9 Å². The fourth-order valence-electron chi connectivity index (χ4n) is 5.23. The molecule has 0 saturated heterocycles. The van der Waals surface area contributed by atoms with Crippen LogP contribution in [0.2, 0.25) is 0 Å². The number of nitrogens with zero attached hydrogens (tertiary/aromatic N) is 2. The molecule has 2 aliphatic rings. The van der Waals surface area contributed by atoms with Gasteiger partial charge < -0.3 is 25.6 Å². The van der Waals surface area contributed by atoms with Crippen molar-refractivity contribution in [2.45, 2.75) is 50.7 Å². The van der Waals surface area contributed by atoms with Crippen LogP contribution in [0.4, 0.5) is 4.39 Å². The molecule has 6 rings (SSSR count). The van der Waals surface area contributed by atoms with Gasteiger partial charge in [-0.1, -0.05) is 6.07 Å². The first-order valence-corrected chi connectivity index (χ1v) is 14.4. The molecule has 3 heterocycles. The lowest BCUT2D eigenvalue weighted by molar-refractivity contribution is -0.123. The van der Waals surface area contributed by atoms with Gasteiger partial charge in [0.25, 0.3) is 5.91 Å². The number of hydrogen-bond donors (Lipinski definition) is 3. The second kappa shape index (κ2) is 11.0. The van der Waals surface area contributed by atoms with Crippen molar-refractivity contribution >= 4 is 11.8 Å². The molecule has 0 unspecified atom stereocenters. The van der Waals surface area contributed by atoms with Gasteiger partial charge in [-0.05, 0) is 88.2 Å². The minimum Gasteiger partial charge on any atom is -0.490 e. The summed E-state index contributed by atoms with van der Waals surface area (Å²) >= 11 is 0. The average Bonchev–Trinajstić information content (AvgIpc) is 3.76. The molecule has 2 amide bonds. The summed E-state index contributed by atoms with van der Waals surface area (Å²) in [7, 11) is 0. The minimum atomic E-state index is -1.67. The average molecular weight is 597 g/mol. The summed E-state index contributed by atoms with van der Waals surface area (Å²) in [5, 5.41) is 14.4. The third-order valence-electron chi connectivity index (χ3n) is 8.24. The Balaban J connectivity index is 1.30. The molecule has 44 heavy (non-hydrogen) atoms. The monoisotopic (exact) mass is 596 g/mol. The highest BCUT2D eigenvalue weighted by Gasteiger charge is 2.45. The lowest BCUT2D eigenvalue weighted by Gasteiger charge is -2.26. The van der Waals surface area contributed by atoms with Crippen LogP contribution in [0.5, 0.6) is 11.5 Å². The number of carbonyl (C=O) groups excluding carboxylic acids is 2. The number of aromatic nitrogens is 2. The zero-order chi connectivity index (χ0) is 31.2. The Morgan fingerprint density at radius 3 is 2.59 bits per heavy atom. The zero-order valence-corrected chi connectivity index (χ0v) is 24.7. The Hall–Kier alpha value is -4.83. The molecule has 0 radical (unpaired) electrons. The number of benzene rings is 2. The lowest BCUT2D eigenvalue weighted by Crippen LogP contribution is -2.41. The minimum absolute atomic E-state index is 0.00427. The largest absolute Gasteiger partial charge is 0.490 e. The number of amides is 2. The fourth-order valence-corrected chi connectivity index (χ4v) is 5.23. The molecule has 1 aliphatic carbocycles. The van der Waals surface area contributed by atoms with Crippen LogP contribution in [0.1, 0.15) is 54.0 Å². The summed E-state index contributed by atoms with van der Waals surface area (Å²) in [6.07, 6.45) is 3.76. The van der Waals surface area contributed by atoms with Crippen LogP contribution >= 0.6 is 0 Å². The Labute approximate surface area is 254 Å². The Morgan fingerprint density at radius 1 is 1.16 bits per heavy atom. The molecule has 9 nitrogen and oxygen atoms in total. The van der Waals surface area contributed by atoms with E-state index in [1.807, 2.05) is 25.1 Å². The molecule has 4 aromatic rings. The van der Waals surface area contributed by atoms with Gasteiger partial charge in [0.05, 0.1) is 18.3 Å². The predicted molar refractivity (Wildman–Crippen MR) is 162 cm³/mol. The number of aryl methyl sites for hydroxylation is 1. The highest BCUT2D eigenvalue weighted by molar-refractivity contribution is 5.96. The Bertz CT molecular complexity index is 1770. The van der Waals surface area contributed by atoms with Gasteiger partial charge in [0.2, 0.25) is 5.91 Å². The summed E-state index contributed by atoms with van der Waals surface area (Å²) in [5.74, 6) is -0.494. The summed E-state index contributed by atoms with van der Waals surface area (Å²) in [6, 6.07) is 16.3. The molecular weight excluding hydrogens is 563 g/mol. The van der Waals surface area contributed by atoms with E-state index in [0.29, 0.717) is 33.9 Å². The summed E-state index contributed by atoms with van der Waals surface area (Å²) in [4.78, 5) is 34.9. The number of nitrogens with one attached hydrogen (secondary N) is 1. The van der Waals surface area contributed by atoms with Gasteiger partial charge in [-0.2, -0.15) is 0 Å². The first-order valence-electron chi connectivity index (χ1n) is 14.4. The molecule has 10 heteroatoms. The van der Waals surface area contributed by atoms with Gasteiger partial charge in [-0.15, -0.1) is 0 Å². The number of fused-ring (bicyclic) bond motifs is 1. The van der Waals surface area contributed by atoms with Gasteiger partial charge in [-0.25, -0.2) is 9.37 Å². The van der Waals surface area contributed by atoms with E-state index in [1.165, 1.54) is 19.1 Å². The van der Waals surface area contributed by atoms with Crippen LogP contribution in [0.25, 0.3) is 22.4 Å². The number of aliphatic hydroxyl groups is 1. The van der Waals surface area contributed by atoms with Gasteiger partial charge >= 0.3 is 0 Å². The van der Waals surface area contributed by atoms with Crippen molar-refractivity contribution in [1.29, 1.82) is 0 Å². The first-order chi connectivity index (χ1) is 21.0. The second-order valence-electron chi connectivity index (χ2n) is 11.8. The van der Waals surface area contributed by atoms with E-state index in [9.17, 15) is 19.1 Å². The van der Waals surface area contributed by atoms with E-state index < -0.39 is 28.6 Å².